The number of rotatable bonds is 8. The Morgan fingerprint density at radius 1 is 1.55 bits per heavy atom. The third kappa shape index (κ3) is 5.95. The molecule has 0 bridgehead atoms. The number of allylic oxidation sites excluding steroid dienone is 1. The Labute approximate surface area is 131 Å². The van der Waals surface area contributed by atoms with Gasteiger partial charge in [0.25, 0.3) is 5.69 Å². The lowest BCUT2D eigenvalue weighted by molar-refractivity contribution is -0.384. The van der Waals surface area contributed by atoms with Gasteiger partial charge in [0.15, 0.2) is 5.96 Å². The van der Waals surface area contributed by atoms with Gasteiger partial charge in [-0.3, -0.25) is 10.1 Å². The van der Waals surface area contributed by atoms with Gasteiger partial charge < -0.3 is 10.2 Å². The maximum Gasteiger partial charge on any atom is 0.269 e. The van der Waals surface area contributed by atoms with Gasteiger partial charge in [0, 0.05) is 32.3 Å². The molecule has 0 aliphatic rings. The maximum absolute atomic E-state index is 10.8. The Morgan fingerprint density at radius 2 is 2.32 bits per heavy atom. The number of nitrogens with one attached hydrogen (secondary N) is 1. The lowest BCUT2D eigenvalue weighted by Gasteiger charge is -2.21. The second kappa shape index (κ2) is 9.55. The lowest BCUT2D eigenvalue weighted by atomic mass is 10.2. The van der Waals surface area contributed by atoms with Crippen molar-refractivity contribution in [2.75, 3.05) is 20.1 Å². The molecule has 0 aromatic heterocycles. The van der Waals surface area contributed by atoms with Crippen molar-refractivity contribution in [3.63, 3.8) is 0 Å². The van der Waals surface area contributed by atoms with Gasteiger partial charge in [-0.25, -0.2) is 4.99 Å². The first kappa shape index (κ1) is 17.7. The molecule has 0 heterocycles. The molecule has 0 saturated heterocycles. The molecule has 0 atom stereocenters. The number of nitro groups is 1. The molecular formula is C16H24N4O2. The average molecular weight is 304 g/mol. The van der Waals surface area contributed by atoms with Gasteiger partial charge in [0.1, 0.15) is 0 Å². The van der Waals surface area contributed by atoms with Crippen molar-refractivity contribution in [3.05, 3.63) is 52.6 Å². The molecule has 0 unspecified atom stereocenters. The molecule has 1 rings (SSSR count). The molecule has 6 heteroatoms. The second-order valence-electron chi connectivity index (χ2n) is 4.95. The number of nitro benzene ring substituents is 1. The van der Waals surface area contributed by atoms with Crippen LogP contribution in [0.25, 0.3) is 0 Å². The van der Waals surface area contributed by atoms with Crippen LogP contribution in [-0.2, 0) is 6.54 Å². The minimum absolute atomic E-state index is 0.0945. The van der Waals surface area contributed by atoms with Gasteiger partial charge in [0.2, 0.25) is 0 Å². The molecule has 0 spiro atoms. The maximum atomic E-state index is 10.8. The highest BCUT2D eigenvalue weighted by Crippen LogP contribution is 2.13. The van der Waals surface area contributed by atoms with E-state index in [1.807, 2.05) is 26.1 Å². The van der Waals surface area contributed by atoms with E-state index in [9.17, 15) is 10.1 Å². The normalized spacial score (nSPS) is 11.1. The fourth-order valence-corrected chi connectivity index (χ4v) is 1.98. The fourth-order valence-electron chi connectivity index (χ4n) is 1.98. The van der Waals surface area contributed by atoms with Crippen LogP contribution in [0.3, 0.4) is 0 Å². The summed E-state index contributed by atoms with van der Waals surface area (Å²) in [5.74, 6) is 0.804. The summed E-state index contributed by atoms with van der Waals surface area (Å²) in [6, 6.07) is 6.58. The summed E-state index contributed by atoms with van der Waals surface area (Å²) >= 11 is 0. The molecule has 1 aromatic carbocycles. The summed E-state index contributed by atoms with van der Waals surface area (Å²) in [5, 5.41) is 14.0. The van der Waals surface area contributed by atoms with Crippen LogP contribution in [0.2, 0.25) is 0 Å². The van der Waals surface area contributed by atoms with Crippen molar-refractivity contribution in [3.8, 4) is 0 Å². The van der Waals surface area contributed by atoms with Crippen molar-refractivity contribution in [1.29, 1.82) is 0 Å². The Bertz CT molecular complexity index is 529. The molecule has 0 radical (unpaired) electrons. The zero-order valence-corrected chi connectivity index (χ0v) is 13.3. The number of benzene rings is 1. The molecule has 22 heavy (non-hydrogen) atoms. The van der Waals surface area contributed by atoms with E-state index < -0.39 is 0 Å². The smallest absolute Gasteiger partial charge is 0.269 e. The Kier molecular flexibility index (Phi) is 7.67. The minimum atomic E-state index is -0.389. The number of hydrogen-bond donors (Lipinski definition) is 1. The number of aliphatic imine (C=N–C) groups is 1. The van der Waals surface area contributed by atoms with E-state index in [1.165, 1.54) is 6.07 Å². The van der Waals surface area contributed by atoms with Crippen molar-refractivity contribution in [2.45, 2.75) is 26.3 Å². The van der Waals surface area contributed by atoms with E-state index in [0.717, 1.165) is 37.5 Å². The van der Waals surface area contributed by atoms with E-state index in [2.05, 4.69) is 21.8 Å². The molecule has 1 N–H and O–H groups in total. The van der Waals surface area contributed by atoms with Crippen LogP contribution in [0, 0.1) is 10.1 Å². The molecule has 1 aromatic rings. The summed E-state index contributed by atoms with van der Waals surface area (Å²) in [6.07, 6.45) is 3.89. The van der Waals surface area contributed by atoms with Gasteiger partial charge in [0.05, 0.1) is 11.5 Å². The highest BCUT2D eigenvalue weighted by molar-refractivity contribution is 5.79. The summed E-state index contributed by atoms with van der Waals surface area (Å²) in [7, 11) is 1.98. The molecule has 0 saturated carbocycles. The molecule has 0 amide bonds. The van der Waals surface area contributed by atoms with Crippen molar-refractivity contribution >= 4 is 11.6 Å². The van der Waals surface area contributed by atoms with Crippen molar-refractivity contribution in [2.24, 2.45) is 4.99 Å². The van der Waals surface area contributed by atoms with Gasteiger partial charge in [-0.1, -0.05) is 18.2 Å². The number of guanidine groups is 1. The van der Waals surface area contributed by atoms with Crippen LogP contribution < -0.4 is 5.32 Å². The third-order valence-corrected chi connectivity index (χ3v) is 3.13. The topological polar surface area (TPSA) is 70.8 Å². The Morgan fingerprint density at radius 3 is 2.95 bits per heavy atom. The summed E-state index contributed by atoms with van der Waals surface area (Å²) in [6.45, 7) is 7.80. The Hall–Kier alpha value is -2.37. The van der Waals surface area contributed by atoms with Crippen LogP contribution in [-0.4, -0.2) is 35.9 Å². The fraction of sp³-hybridized carbons (Fsp3) is 0.438. The first-order valence-electron chi connectivity index (χ1n) is 7.42. The van der Waals surface area contributed by atoms with Crippen LogP contribution in [0.1, 0.15) is 25.3 Å². The predicted octanol–water partition coefficient (Wildman–Crippen LogP) is 2.96. The SMILES string of the molecule is C=CCCCN(C)C(=NCc1cccc([N+](=O)[O-])c1)NCC. The van der Waals surface area contributed by atoms with Crippen molar-refractivity contribution in [1.82, 2.24) is 10.2 Å². The number of hydrogen-bond acceptors (Lipinski definition) is 3. The van der Waals surface area contributed by atoms with E-state index in [1.54, 1.807) is 12.1 Å². The van der Waals surface area contributed by atoms with Gasteiger partial charge in [-0.2, -0.15) is 0 Å². The summed E-state index contributed by atoms with van der Waals surface area (Å²) in [4.78, 5) is 17.0. The monoisotopic (exact) mass is 304 g/mol. The van der Waals surface area contributed by atoms with Crippen molar-refractivity contribution < 1.29 is 4.92 Å². The first-order chi connectivity index (χ1) is 10.6. The summed E-state index contributed by atoms with van der Waals surface area (Å²) in [5.41, 5.74) is 0.918. The number of unbranched alkanes of at least 4 members (excludes halogenated alkanes) is 1. The van der Waals surface area contributed by atoms with Crippen LogP contribution in [0.4, 0.5) is 5.69 Å². The van der Waals surface area contributed by atoms with E-state index in [-0.39, 0.29) is 10.6 Å². The minimum Gasteiger partial charge on any atom is -0.357 e. The molecule has 0 aliphatic carbocycles. The van der Waals surface area contributed by atoms with E-state index in [0.29, 0.717) is 6.54 Å². The zero-order valence-electron chi connectivity index (χ0n) is 13.3. The molecule has 120 valence electrons. The van der Waals surface area contributed by atoms with E-state index in [4.69, 9.17) is 0 Å². The predicted molar refractivity (Wildman–Crippen MR) is 90.0 cm³/mol. The molecular weight excluding hydrogens is 280 g/mol. The molecule has 0 fully saturated rings. The average Bonchev–Trinajstić information content (AvgIpc) is 2.51. The molecule has 6 nitrogen and oxygen atoms in total. The second-order valence-corrected chi connectivity index (χ2v) is 4.95. The van der Waals surface area contributed by atoms with Gasteiger partial charge >= 0.3 is 0 Å². The zero-order chi connectivity index (χ0) is 16.4. The molecule has 0 aliphatic heterocycles. The van der Waals surface area contributed by atoms with Crippen LogP contribution in [0.5, 0.6) is 0 Å². The quantitative estimate of drug-likeness (QED) is 0.200. The summed E-state index contributed by atoms with van der Waals surface area (Å²) < 4.78 is 0. The van der Waals surface area contributed by atoms with E-state index >= 15 is 0 Å². The van der Waals surface area contributed by atoms with Crippen LogP contribution >= 0.6 is 0 Å². The number of non-ortho nitro benzene ring substituents is 1. The highest BCUT2D eigenvalue weighted by atomic mass is 16.6. The standard InChI is InChI=1S/C16H24N4O2/c1-4-6-7-11-19(3)16(17-5-2)18-13-14-9-8-10-15(12-14)20(21)22/h4,8-10,12H,1,5-7,11,13H2,2-3H3,(H,17,18). The highest BCUT2D eigenvalue weighted by Gasteiger charge is 2.07. The van der Waals surface area contributed by atoms with Gasteiger partial charge in [-0.05, 0) is 25.3 Å². The number of nitrogens with zero attached hydrogens (tertiary/aromatic N) is 3. The Balaban J connectivity index is 2.74. The van der Waals surface area contributed by atoms with Gasteiger partial charge in [-0.15, -0.1) is 6.58 Å². The third-order valence-electron chi connectivity index (χ3n) is 3.13. The lowest BCUT2D eigenvalue weighted by Crippen LogP contribution is -2.39. The first-order valence-corrected chi connectivity index (χ1v) is 7.42. The van der Waals surface area contributed by atoms with Crippen LogP contribution in [0.15, 0.2) is 41.9 Å². The largest absolute Gasteiger partial charge is 0.357 e.